The molecule has 126 valence electrons. The summed E-state index contributed by atoms with van der Waals surface area (Å²) in [6.07, 6.45) is 2.46. The molecule has 1 saturated carbocycles. The van der Waals surface area contributed by atoms with Crippen LogP contribution in [0.1, 0.15) is 47.9 Å². The SMILES string of the molecule is C=C(C(=C)C(=O)C(=C)c1c(C)cc(C2CC2)cc1C)C(=O)OCC. The molecule has 3 heteroatoms. The molecular weight excluding hydrogens is 300 g/mol. The van der Waals surface area contributed by atoms with Gasteiger partial charge in [0, 0.05) is 11.1 Å². The van der Waals surface area contributed by atoms with E-state index in [1.54, 1.807) is 6.92 Å². The molecule has 0 amide bonds. The number of Topliss-reactive ketones (excluding diaryl/α,β-unsaturated/α-hetero) is 1. The van der Waals surface area contributed by atoms with E-state index in [0.29, 0.717) is 11.5 Å². The smallest absolute Gasteiger partial charge is 0.338 e. The third kappa shape index (κ3) is 3.56. The van der Waals surface area contributed by atoms with Crippen LogP contribution in [0.5, 0.6) is 0 Å². The van der Waals surface area contributed by atoms with Gasteiger partial charge in [0.15, 0.2) is 5.78 Å². The maximum absolute atomic E-state index is 12.7. The number of ether oxygens (including phenoxy) is 1. The first-order chi connectivity index (χ1) is 11.3. The first kappa shape index (κ1) is 17.9. The van der Waals surface area contributed by atoms with Gasteiger partial charge in [-0.15, -0.1) is 0 Å². The van der Waals surface area contributed by atoms with E-state index in [2.05, 4.69) is 31.9 Å². The summed E-state index contributed by atoms with van der Waals surface area (Å²) in [7, 11) is 0. The van der Waals surface area contributed by atoms with E-state index in [0.717, 1.165) is 16.7 Å². The number of rotatable bonds is 7. The molecule has 2 rings (SSSR count). The second-order valence-corrected chi connectivity index (χ2v) is 6.29. The van der Waals surface area contributed by atoms with Gasteiger partial charge >= 0.3 is 5.97 Å². The third-order valence-electron chi connectivity index (χ3n) is 4.34. The van der Waals surface area contributed by atoms with Gasteiger partial charge in [0.25, 0.3) is 0 Å². The second-order valence-electron chi connectivity index (χ2n) is 6.29. The van der Waals surface area contributed by atoms with E-state index in [-0.39, 0.29) is 23.5 Å². The Balaban J connectivity index is 2.25. The molecule has 0 aliphatic heterocycles. The topological polar surface area (TPSA) is 43.4 Å². The highest BCUT2D eigenvalue weighted by Crippen LogP contribution is 2.41. The fraction of sp³-hybridized carbons (Fsp3) is 0.333. The Labute approximate surface area is 143 Å². The van der Waals surface area contributed by atoms with Gasteiger partial charge in [-0.3, -0.25) is 4.79 Å². The Morgan fingerprint density at radius 2 is 1.62 bits per heavy atom. The van der Waals surface area contributed by atoms with Crippen molar-refractivity contribution in [2.24, 2.45) is 0 Å². The van der Waals surface area contributed by atoms with Crippen LogP contribution >= 0.6 is 0 Å². The second kappa shape index (κ2) is 7.00. The molecule has 0 aromatic heterocycles. The van der Waals surface area contributed by atoms with E-state index in [9.17, 15) is 9.59 Å². The predicted molar refractivity (Wildman–Crippen MR) is 96.8 cm³/mol. The van der Waals surface area contributed by atoms with Gasteiger partial charge in [-0.2, -0.15) is 0 Å². The summed E-state index contributed by atoms with van der Waals surface area (Å²) in [5, 5.41) is 0. The monoisotopic (exact) mass is 324 g/mol. The lowest BCUT2D eigenvalue weighted by Gasteiger charge is -2.15. The van der Waals surface area contributed by atoms with Crippen LogP contribution < -0.4 is 0 Å². The van der Waals surface area contributed by atoms with Crippen LogP contribution in [0, 0.1) is 13.8 Å². The summed E-state index contributed by atoms with van der Waals surface area (Å²) in [5.74, 6) is -0.349. The van der Waals surface area contributed by atoms with Gasteiger partial charge in [0.05, 0.1) is 12.2 Å². The Kier molecular flexibility index (Phi) is 5.23. The molecule has 0 bridgehead atoms. The minimum atomic E-state index is -0.624. The van der Waals surface area contributed by atoms with E-state index >= 15 is 0 Å². The van der Waals surface area contributed by atoms with Crippen molar-refractivity contribution in [1.82, 2.24) is 0 Å². The van der Waals surface area contributed by atoms with Crippen LogP contribution in [-0.2, 0) is 14.3 Å². The summed E-state index contributed by atoms with van der Waals surface area (Å²) < 4.78 is 4.88. The summed E-state index contributed by atoms with van der Waals surface area (Å²) in [5.41, 5.74) is 4.53. The summed E-state index contributed by atoms with van der Waals surface area (Å²) in [6.45, 7) is 17.2. The predicted octanol–water partition coefficient (Wildman–Crippen LogP) is 4.44. The lowest BCUT2D eigenvalue weighted by molar-refractivity contribution is -0.138. The number of benzene rings is 1. The van der Waals surface area contributed by atoms with Crippen molar-refractivity contribution in [3.8, 4) is 0 Å². The molecule has 0 spiro atoms. The minimum Gasteiger partial charge on any atom is -0.462 e. The normalized spacial score (nSPS) is 13.3. The Morgan fingerprint density at radius 3 is 2.08 bits per heavy atom. The standard InChI is InChI=1S/C21H24O3/c1-7-24-21(23)15(5)14(4)20(22)16(6)19-12(2)10-18(11-13(19)3)17-8-9-17/h10-11,17H,4-9H2,1-3H3. The highest BCUT2D eigenvalue weighted by Gasteiger charge is 2.26. The maximum Gasteiger partial charge on any atom is 0.338 e. The lowest BCUT2D eigenvalue weighted by Crippen LogP contribution is -2.15. The zero-order chi connectivity index (χ0) is 18.0. The molecule has 0 heterocycles. The van der Waals surface area contributed by atoms with Crippen molar-refractivity contribution < 1.29 is 14.3 Å². The minimum absolute atomic E-state index is 0.0205. The molecular formula is C21H24O3. The molecule has 1 aromatic rings. The van der Waals surface area contributed by atoms with Crippen LogP contribution in [0.4, 0.5) is 0 Å². The van der Waals surface area contributed by atoms with Gasteiger partial charge in [-0.1, -0.05) is 31.9 Å². The highest BCUT2D eigenvalue weighted by atomic mass is 16.5. The average Bonchev–Trinajstić information content (AvgIpc) is 3.36. The zero-order valence-corrected chi connectivity index (χ0v) is 14.7. The molecule has 0 saturated heterocycles. The molecule has 0 atom stereocenters. The van der Waals surface area contributed by atoms with Crippen molar-refractivity contribution >= 4 is 17.3 Å². The van der Waals surface area contributed by atoms with Crippen molar-refractivity contribution in [2.45, 2.75) is 39.5 Å². The van der Waals surface area contributed by atoms with Crippen molar-refractivity contribution in [1.29, 1.82) is 0 Å². The van der Waals surface area contributed by atoms with Crippen LogP contribution in [0.15, 0.2) is 43.0 Å². The van der Waals surface area contributed by atoms with Gasteiger partial charge in [0.2, 0.25) is 0 Å². The molecule has 1 aliphatic rings. The van der Waals surface area contributed by atoms with E-state index in [4.69, 9.17) is 4.74 Å². The van der Waals surface area contributed by atoms with Gasteiger partial charge in [0.1, 0.15) is 0 Å². The molecule has 3 nitrogen and oxygen atoms in total. The maximum atomic E-state index is 12.7. The Morgan fingerprint density at radius 1 is 1.08 bits per heavy atom. The van der Waals surface area contributed by atoms with Gasteiger partial charge in [-0.25, -0.2) is 4.79 Å². The number of hydrogen-bond donors (Lipinski definition) is 0. The number of carbonyl (C=O) groups is 2. The van der Waals surface area contributed by atoms with E-state index in [1.807, 2.05) is 13.8 Å². The summed E-state index contributed by atoms with van der Waals surface area (Å²) >= 11 is 0. The number of esters is 1. The van der Waals surface area contributed by atoms with Crippen LogP contribution in [0.3, 0.4) is 0 Å². The molecule has 24 heavy (non-hydrogen) atoms. The molecule has 0 unspecified atom stereocenters. The zero-order valence-electron chi connectivity index (χ0n) is 14.7. The first-order valence-electron chi connectivity index (χ1n) is 8.18. The van der Waals surface area contributed by atoms with E-state index < -0.39 is 5.97 Å². The largest absolute Gasteiger partial charge is 0.462 e. The molecule has 0 radical (unpaired) electrons. The van der Waals surface area contributed by atoms with Gasteiger partial charge < -0.3 is 4.74 Å². The third-order valence-corrected chi connectivity index (χ3v) is 4.34. The van der Waals surface area contributed by atoms with E-state index in [1.165, 1.54) is 18.4 Å². The molecule has 1 aliphatic carbocycles. The number of carbonyl (C=O) groups excluding carboxylic acids is 2. The number of aryl methyl sites for hydroxylation is 2. The quantitative estimate of drug-likeness (QED) is 0.423. The lowest BCUT2D eigenvalue weighted by atomic mass is 9.88. The Bertz CT molecular complexity index is 725. The summed E-state index contributed by atoms with van der Waals surface area (Å²) in [4.78, 5) is 24.4. The number of ketones is 1. The van der Waals surface area contributed by atoms with Crippen molar-refractivity contribution in [3.63, 3.8) is 0 Å². The fourth-order valence-electron chi connectivity index (χ4n) is 2.90. The van der Waals surface area contributed by atoms with Crippen LogP contribution in [-0.4, -0.2) is 18.4 Å². The van der Waals surface area contributed by atoms with Crippen molar-refractivity contribution in [2.75, 3.05) is 6.61 Å². The van der Waals surface area contributed by atoms with Gasteiger partial charge in [-0.05, 0) is 61.8 Å². The Hall–Kier alpha value is -2.42. The van der Waals surface area contributed by atoms with Crippen molar-refractivity contribution in [3.05, 3.63) is 65.3 Å². The van der Waals surface area contributed by atoms with Crippen LogP contribution in [0.2, 0.25) is 0 Å². The number of hydrogen-bond acceptors (Lipinski definition) is 3. The molecule has 0 N–H and O–H groups in total. The first-order valence-corrected chi connectivity index (χ1v) is 8.18. The van der Waals surface area contributed by atoms with Crippen LogP contribution in [0.25, 0.3) is 5.57 Å². The highest BCUT2D eigenvalue weighted by molar-refractivity contribution is 6.32. The molecule has 1 fully saturated rings. The molecule has 1 aromatic carbocycles. The fourth-order valence-corrected chi connectivity index (χ4v) is 2.90. The summed E-state index contributed by atoms with van der Waals surface area (Å²) in [6, 6.07) is 4.25. The average molecular weight is 324 g/mol. The number of allylic oxidation sites excluding steroid dienone is 1.